The number of hydrogen-bond acceptors (Lipinski definition) is 3. The van der Waals surface area contributed by atoms with Gasteiger partial charge in [-0.3, -0.25) is 4.98 Å². The van der Waals surface area contributed by atoms with Crippen LogP contribution >= 0.6 is 0 Å². The van der Waals surface area contributed by atoms with Crippen LogP contribution in [0.3, 0.4) is 0 Å². The predicted octanol–water partition coefficient (Wildman–Crippen LogP) is 1.17. The van der Waals surface area contributed by atoms with Gasteiger partial charge in [0.2, 0.25) is 0 Å². The van der Waals surface area contributed by atoms with Crippen molar-refractivity contribution >= 4 is 6.09 Å². The lowest BCUT2D eigenvalue weighted by Crippen LogP contribution is -2.18. The molecule has 76 valence electrons. The Balaban J connectivity index is 2.24. The van der Waals surface area contributed by atoms with E-state index in [0.29, 0.717) is 5.69 Å². The first kappa shape index (κ1) is 9.20. The molecule has 2 aromatic heterocycles. The van der Waals surface area contributed by atoms with E-state index in [-0.39, 0.29) is 0 Å². The van der Waals surface area contributed by atoms with Crippen molar-refractivity contribution in [2.24, 2.45) is 0 Å². The number of nitrogens with zero attached hydrogens (tertiary/aromatic N) is 3. The molecule has 15 heavy (non-hydrogen) atoms. The maximum atomic E-state index is 10.3. The topological polar surface area (TPSA) is 80.0 Å². The molecule has 2 aromatic rings. The van der Waals surface area contributed by atoms with Gasteiger partial charge in [-0.1, -0.05) is 0 Å². The van der Waals surface area contributed by atoms with E-state index in [1.165, 1.54) is 11.0 Å². The van der Waals surface area contributed by atoms with Crippen LogP contribution in [0.5, 0.6) is 0 Å². The molecule has 0 unspecified atom stereocenters. The Bertz CT molecular complexity index is 466. The molecule has 0 radical (unpaired) electrons. The van der Waals surface area contributed by atoms with Gasteiger partial charge in [-0.25, -0.2) is 19.9 Å². The van der Waals surface area contributed by atoms with Crippen molar-refractivity contribution in [3.8, 4) is 11.3 Å². The molecular formula is C9H8N4O2. The smallest absolute Gasteiger partial charge is 0.424 e. The lowest BCUT2D eigenvalue weighted by Gasteiger charge is -1.97. The Morgan fingerprint density at radius 2 is 2.40 bits per heavy atom. The third-order valence-corrected chi connectivity index (χ3v) is 1.76. The van der Waals surface area contributed by atoms with Crippen LogP contribution in [-0.2, 0) is 0 Å². The average molecular weight is 204 g/mol. The molecule has 2 rings (SSSR count). The van der Waals surface area contributed by atoms with Crippen molar-refractivity contribution in [2.45, 2.75) is 0 Å². The second-order valence-corrected chi connectivity index (χ2v) is 2.82. The quantitative estimate of drug-likeness (QED) is 0.769. The maximum absolute atomic E-state index is 10.3. The molecule has 0 aliphatic rings. The van der Waals surface area contributed by atoms with Crippen LogP contribution in [0.2, 0.25) is 0 Å². The zero-order valence-electron chi connectivity index (χ0n) is 7.66. The summed E-state index contributed by atoms with van der Waals surface area (Å²) in [6.07, 6.45) is 5.15. The first-order valence-electron chi connectivity index (χ1n) is 4.20. The third-order valence-electron chi connectivity index (χ3n) is 1.76. The Morgan fingerprint density at radius 1 is 1.53 bits per heavy atom. The lowest BCUT2D eigenvalue weighted by atomic mass is 10.2. The summed E-state index contributed by atoms with van der Waals surface area (Å²) in [5, 5.41) is 8.47. The van der Waals surface area contributed by atoms with Gasteiger partial charge in [0.25, 0.3) is 0 Å². The van der Waals surface area contributed by atoms with Crippen molar-refractivity contribution in [3.05, 3.63) is 37.1 Å². The summed E-state index contributed by atoms with van der Waals surface area (Å²) in [5.74, 6) is 0. The van der Waals surface area contributed by atoms with Crippen LogP contribution in [0.4, 0.5) is 4.79 Å². The monoisotopic (exact) mass is 204 g/mol. The average Bonchev–Trinajstić information content (AvgIpc) is 2.67. The second kappa shape index (κ2) is 3.79. The molecule has 0 atom stereocenters. The zero-order chi connectivity index (χ0) is 10.7. The van der Waals surface area contributed by atoms with Crippen LogP contribution in [0.15, 0.2) is 37.1 Å². The molecule has 0 saturated carbocycles. The number of nitrogens with one attached hydrogen (secondary N) is 1. The molecule has 0 saturated heterocycles. The summed E-state index contributed by atoms with van der Waals surface area (Å²) in [6.45, 7) is 0. The van der Waals surface area contributed by atoms with Crippen molar-refractivity contribution < 1.29 is 9.90 Å². The summed E-state index contributed by atoms with van der Waals surface area (Å²) in [6, 6.07) is 3.64. The van der Waals surface area contributed by atoms with Gasteiger partial charge in [-0.15, -0.1) is 0 Å². The minimum Gasteiger partial charge on any atom is -0.464 e. The van der Waals surface area contributed by atoms with Crippen molar-refractivity contribution in [2.75, 3.05) is 5.43 Å². The number of imidazole rings is 1. The van der Waals surface area contributed by atoms with Gasteiger partial charge in [-0.2, -0.15) is 0 Å². The van der Waals surface area contributed by atoms with Gasteiger partial charge in [0.15, 0.2) is 0 Å². The van der Waals surface area contributed by atoms with E-state index in [0.717, 1.165) is 5.56 Å². The minimum atomic E-state index is -1.13. The normalized spacial score (nSPS) is 9.87. The molecule has 6 heteroatoms. The summed E-state index contributed by atoms with van der Waals surface area (Å²) >= 11 is 0. The zero-order valence-corrected chi connectivity index (χ0v) is 7.66. The van der Waals surface area contributed by atoms with Crippen LogP contribution in [0, 0.1) is 0 Å². The molecule has 0 aliphatic carbocycles. The second-order valence-electron chi connectivity index (χ2n) is 2.82. The van der Waals surface area contributed by atoms with E-state index in [2.05, 4.69) is 15.4 Å². The summed E-state index contributed by atoms with van der Waals surface area (Å²) in [4.78, 5) is 18.3. The largest absolute Gasteiger partial charge is 0.464 e. The SMILES string of the molecule is O=C(O)Nn1cnc(-c2cccnc2)c1. The molecule has 1 amide bonds. The van der Waals surface area contributed by atoms with E-state index < -0.39 is 6.09 Å². The van der Waals surface area contributed by atoms with Gasteiger partial charge in [0, 0.05) is 18.0 Å². The van der Waals surface area contributed by atoms with Gasteiger partial charge in [0.1, 0.15) is 6.33 Å². The predicted molar refractivity (Wildman–Crippen MR) is 52.8 cm³/mol. The van der Waals surface area contributed by atoms with Gasteiger partial charge < -0.3 is 5.11 Å². The highest BCUT2D eigenvalue weighted by atomic mass is 16.4. The fourth-order valence-corrected chi connectivity index (χ4v) is 1.16. The molecule has 0 aliphatic heterocycles. The number of rotatable bonds is 2. The Hall–Kier alpha value is -2.37. The Kier molecular flexibility index (Phi) is 2.32. The van der Waals surface area contributed by atoms with Gasteiger partial charge in [0.05, 0.1) is 11.9 Å². The van der Waals surface area contributed by atoms with Crippen molar-refractivity contribution in [1.29, 1.82) is 0 Å². The van der Waals surface area contributed by atoms with E-state index >= 15 is 0 Å². The van der Waals surface area contributed by atoms with E-state index in [9.17, 15) is 4.79 Å². The minimum absolute atomic E-state index is 0.664. The first-order chi connectivity index (χ1) is 7.25. The molecule has 2 heterocycles. The van der Waals surface area contributed by atoms with Gasteiger partial charge in [-0.05, 0) is 12.1 Å². The summed E-state index contributed by atoms with van der Waals surface area (Å²) in [7, 11) is 0. The Labute approximate surface area is 85.2 Å². The lowest BCUT2D eigenvalue weighted by molar-refractivity contribution is 0.206. The van der Waals surface area contributed by atoms with E-state index in [4.69, 9.17) is 5.11 Å². The highest BCUT2D eigenvalue weighted by Crippen LogP contribution is 2.13. The fourth-order valence-electron chi connectivity index (χ4n) is 1.16. The molecule has 0 bridgehead atoms. The maximum Gasteiger partial charge on any atom is 0.424 e. The van der Waals surface area contributed by atoms with Crippen LogP contribution < -0.4 is 5.43 Å². The van der Waals surface area contributed by atoms with E-state index in [1.807, 2.05) is 6.07 Å². The number of carbonyl (C=O) groups is 1. The van der Waals surface area contributed by atoms with Gasteiger partial charge >= 0.3 is 6.09 Å². The van der Waals surface area contributed by atoms with E-state index in [1.54, 1.807) is 24.7 Å². The Morgan fingerprint density at radius 3 is 3.07 bits per heavy atom. The molecular weight excluding hydrogens is 196 g/mol. The number of hydrogen-bond donors (Lipinski definition) is 2. The molecule has 2 N–H and O–H groups in total. The molecule has 0 fully saturated rings. The first-order valence-corrected chi connectivity index (χ1v) is 4.20. The number of pyridine rings is 1. The van der Waals surface area contributed by atoms with Crippen molar-refractivity contribution in [3.63, 3.8) is 0 Å². The summed E-state index contributed by atoms with van der Waals surface area (Å²) in [5.41, 5.74) is 3.65. The summed E-state index contributed by atoms with van der Waals surface area (Å²) < 4.78 is 1.27. The number of carboxylic acid groups (broad SMARTS) is 1. The standard InChI is InChI=1S/C9H8N4O2/c14-9(15)12-13-5-8(11-6-13)7-2-1-3-10-4-7/h1-6,12H,(H,14,15). The van der Waals surface area contributed by atoms with Crippen LogP contribution in [0.1, 0.15) is 0 Å². The van der Waals surface area contributed by atoms with Crippen molar-refractivity contribution in [1.82, 2.24) is 14.6 Å². The number of aromatic nitrogens is 3. The molecule has 0 aromatic carbocycles. The van der Waals surface area contributed by atoms with Crippen LogP contribution in [-0.4, -0.2) is 25.8 Å². The highest BCUT2D eigenvalue weighted by molar-refractivity contribution is 5.73. The highest BCUT2D eigenvalue weighted by Gasteiger charge is 2.02. The molecule has 6 nitrogen and oxygen atoms in total. The molecule has 0 spiro atoms. The van der Waals surface area contributed by atoms with Crippen LogP contribution in [0.25, 0.3) is 11.3 Å². The number of amides is 1. The fraction of sp³-hybridized carbons (Fsp3) is 0. The third kappa shape index (κ3) is 2.11.